The van der Waals surface area contributed by atoms with Crippen LogP contribution in [0, 0.1) is 13.8 Å². The van der Waals surface area contributed by atoms with Crippen molar-refractivity contribution in [3.8, 4) is 0 Å². The minimum Gasteiger partial charge on any atom is -0.454 e. The maximum Gasteiger partial charge on any atom is 0.326 e. The van der Waals surface area contributed by atoms with Crippen LogP contribution in [0.15, 0.2) is 18.2 Å². The summed E-state index contributed by atoms with van der Waals surface area (Å²) in [7, 11) is 0. The second kappa shape index (κ2) is 7.55. The van der Waals surface area contributed by atoms with E-state index in [2.05, 4.69) is 10.6 Å². The first-order valence-electron chi connectivity index (χ1n) is 8.32. The average molecular weight is 361 g/mol. The fourth-order valence-electron chi connectivity index (χ4n) is 2.69. The van der Waals surface area contributed by atoms with E-state index in [0.717, 1.165) is 16.0 Å². The van der Waals surface area contributed by atoms with E-state index >= 15 is 0 Å². The van der Waals surface area contributed by atoms with Gasteiger partial charge in [-0.1, -0.05) is 13.0 Å². The van der Waals surface area contributed by atoms with Crippen molar-refractivity contribution < 1.29 is 23.9 Å². The van der Waals surface area contributed by atoms with Gasteiger partial charge in [-0.3, -0.25) is 19.3 Å². The highest BCUT2D eigenvalue weighted by molar-refractivity contribution is 6.08. The third-order valence-electron chi connectivity index (χ3n) is 4.21. The van der Waals surface area contributed by atoms with Crippen LogP contribution < -0.4 is 10.6 Å². The molecule has 1 aromatic rings. The number of urea groups is 1. The first-order valence-corrected chi connectivity index (χ1v) is 8.32. The molecule has 0 aromatic heterocycles. The first kappa shape index (κ1) is 19.4. The van der Waals surface area contributed by atoms with Gasteiger partial charge in [-0.15, -0.1) is 0 Å². The number of nitrogens with zero attached hydrogens (tertiary/aromatic N) is 1. The van der Waals surface area contributed by atoms with E-state index in [9.17, 15) is 19.2 Å². The van der Waals surface area contributed by atoms with Gasteiger partial charge in [0, 0.05) is 5.69 Å². The van der Waals surface area contributed by atoms with Crippen LogP contribution in [0.5, 0.6) is 0 Å². The smallest absolute Gasteiger partial charge is 0.326 e. The normalized spacial score (nSPS) is 19.3. The Labute approximate surface area is 151 Å². The molecule has 4 amide bonds. The molecular weight excluding hydrogens is 338 g/mol. The largest absolute Gasteiger partial charge is 0.454 e. The number of amides is 4. The van der Waals surface area contributed by atoms with Crippen molar-refractivity contribution in [3.05, 3.63) is 29.3 Å². The summed E-state index contributed by atoms with van der Waals surface area (Å²) in [5, 5.41) is 5.18. The van der Waals surface area contributed by atoms with Crippen LogP contribution in [0.1, 0.15) is 31.4 Å². The summed E-state index contributed by atoms with van der Waals surface area (Å²) in [5.41, 5.74) is 1.58. The summed E-state index contributed by atoms with van der Waals surface area (Å²) >= 11 is 0. The number of hydrogen-bond acceptors (Lipinski definition) is 5. The Morgan fingerprint density at radius 1 is 1.19 bits per heavy atom. The lowest BCUT2D eigenvalue weighted by Gasteiger charge is -2.18. The molecule has 1 heterocycles. The molecule has 1 aromatic carbocycles. The van der Waals surface area contributed by atoms with Gasteiger partial charge in [0.05, 0.1) is 0 Å². The zero-order valence-electron chi connectivity index (χ0n) is 15.3. The SMILES string of the molecule is CC[C@]1(C)NC(=O)N(CC(=O)OCC(=O)Nc2cc(C)cc(C)c2)C1=O. The number of esters is 1. The molecular formula is C18H23N3O5. The number of rotatable bonds is 6. The van der Waals surface area contributed by atoms with Crippen molar-refractivity contribution in [2.24, 2.45) is 0 Å². The van der Waals surface area contributed by atoms with Crippen LogP contribution in [0.2, 0.25) is 0 Å². The summed E-state index contributed by atoms with van der Waals surface area (Å²) < 4.78 is 4.87. The second-order valence-corrected chi connectivity index (χ2v) is 6.59. The van der Waals surface area contributed by atoms with Gasteiger partial charge in [0.15, 0.2) is 6.61 Å². The van der Waals surface area contributed by atoms with E-state index in [1.807, 2.05) is 19.9 Å². The third kappa shape index (κ3) is 4.38. The molecule has 1 fully saturated rings. The molecule has 8 nitrogen and oxygen atoms in total. The summed E-state index contributed by atoms with van der Waals surface area (Å²) in [6.07, 6.45) is 0.404. The molecule has 0 unspecified atom stereocenters. The number of hydrogen-bond donors (Lipinski definition) is 2. The second-order valence-electron chi connectivity index (χ2n) is 6.59. The predicted octanol–water partition coefficient (Wildman–Crippen LogP) is 1.51. The van der Waals surface area contributed by atoms with E-state index < -0.39 is 42.5 Å². The number of carbonyl (C=O) groups is 4. The molecule has 0 radical (unpaired) electrons. The zero-order valence-corrected chi connectivity index (χ0v) is 15.3. The Bertz CT molecular complexity index is 741. The Kier molecular flexibility index (Phi) is 5.64. The van der Waals surface area contributed by atoms with E-state index in [0.29, 0.717) is 12.1 Å². The zero-order chi connectivity index (χ0) is 19.5. The Morgan fingerprint density at radius 2 is 1.81 bits per heavy atom. The van der Waals surface area contributed by atoms with Crippen molar-refractivity contribution in [1.29, 1.82) is 0 Å². The fourth-order valence-corrected chi connectivity index (χ4v) is 2.69. The third-order valence-corrected chi connectivity index (χ3v) is 4.21. The van der Waals surface area contributed by atoms with Crippen molar-refractivity contribution in [3.63, 3.8) is 0 Å². The Morgan fingerprint density at radius 3 is 2.35 bits per heavy atom. The monoisotopic (exact) mass is 361 g/mol. The van der Waals surface area contributed by atoms with Gasteiger partial charge in [-0.05, 0) is 50.5 Å². The standard InChI is InChI=1S/C18H23N3O5/c1-5-18(4)16(24)21(17(25)20-18)9-15(23)26-10-14(22)19-13-7-11(2)6-12(3)8-13/h6-8H,5,9-10H2,1-4H3,(H,19,22)(H,20,25)/t18-/m0/s1. The van der Waals surface area contributed by atoms with Gasteiger partial charge in [0.25, 0.3) is 11.8 Å². The van der Waals surface area contributed by atoms with Crippen LogP contribution >= 0.6 is 0 Å². The minimum atomic E-state index is -1.02. The van der Waals surface area contributed by atoms with E-state index in [4.69, 9.17) is 4.74 Å². The van der Waals surface area contributed by atoms with Crippen LogP contribution in [0.4, 0.5) is 10.5 Å². The van der Waals surface area contributed by atoms with Gasteiger partial charge >= 0.3 is 12.0 Å². The summed E-state index contributed by atoms with van der Waals surface area (Å²) in [6, 6.07) is 4.92. The van der Waals surface area contributed by atoms with Crippen LogP contribution in [0.25, 0.3) is 0 Å². The lowest BCUT2D eigenvalue weighted by atomic mass is 9.99. The number of anilines is 1. The predicted molar refractivity (Wildman–Crippen MR) is 94.4 cm³/mol. The number of nitrogens with one attached hydrogen (secondary N) is 2. The number of benzene rings is 1. The highest BCUT2D eigenvalue weighted by Gasteiger charge is 2.47. The van der Waals surface area contributed by atoms with Gasteiger partial charge < -0.3 is 15.4 Å². The maximum absolute atomic E-state index is 12.2. The average Bonchev–Trinajstić information content (AvgIpc) is 2.76. The Balaban J connectivity index is 1.86. The highest BCUT2D eigenvalue weighted by Crippen LogP contribution is 2.20. The van der Waals surface area contributed by atoms with E-state index in [1.165, 1.54) is 0 Å². The van der Waals surface area contributed by atoms with Gasteiger partial charge in [-0.2, -0.15) is 0 Å². The Hall–Kier alpha value is -2.90. The molecule has 0 bridgehead atoms. The molecule has 2 N–H and O–H groups in total. The van der Waals surface area contributed by atoms with E-state index in [-0.39, 0.29) is 0 Å². The molecule has 140 valence electrons. The molecule has 0 saturated carbocycles. The molecule has 1 aliphatic rings. The van der Waals surface area contributed by atoms with Gasteiger partial charge in [0.2, 0.25) is 0 Å². The number of carbonyl (C=O) groups excluding carboxylic acids is 4. The molecule has 1 aliphatic heterocycles. The molecule has 1 saturated heterocycles. The van der Waals surface area contributed by atoms with Crippen LogP contribution in [-0.4, -0.2) is 47.4 Å². The van der Waals surface area contributed by atoms with Crippen molar-refractivity contribution >= 4 is 29.5 Å². The quantitative estimate of drug-likeness (QED) is 0.590. The topological polar surface area (TPSA) is 105 Å². The van der Waals surface area contributed by atoms with Crippen molar-refractivity contribution in [2.75, 3.05) is 18.5 Å². The molecule has 2 rings (SSSR count). The van der Waals surface area contributed by atoms with Gasteiger partial charge in [0.1, 0.15) is 12.1 Å². The van der Waals surface area contributed by atoms with Crippen LogP contribution in [-0.2, 0) is 19.1 Å². The molecule has 0 aliphatic carbocycles. The summed E-state index contributed by atoms with van der Waals surface area (Å²) in [5.74, 6) is -1.81. The minimum absolute atomic E-state index is 0.404. The summed E-state index contributed by atoms with van der Waals surface area (Å²) in [6.45, 7) is 6.14. The van der Waals surface area contributed by atoms with Crippen LogP contribution in [0.3, 0.4) is 0 Å². The molecule has 1 atom stereocenters. The molecule has 8 heteroatoms. The van der Waals surface area contributed by atoms with Crippen molar-refractivity contribution in [1.82, 2.24) is 10.2 Å². The highest BCUT2D eigenvalue weighted by atomic mass is 16.5. The maximum atomic E-state index is 12.2. The van der Waals surface area contributed by atoms with E-state index in [1.54, 1.807) is 26.0 Å². The lowest BCUT2D eigenvalue weighted by molar-refractivity contribution is -0.150. The number of ether oxygens (including phenoxy) is 1. The van der Waals surface area contributed by atoms with Gasteiger partial charge in [-0.25, -0.2) is 4.79 Å². The first-order chi connectivity index (χ1) is 12.1. The van der Waals surface area contributed by atoms with Crippen molar-refractivity contribution in [2.45, 2.75) is 39.7 Å². The molecule has 26 heavy (non-hydrogen) atoms. The fraction of sp³-hybridized carbons (Fsp3) is 0.444. The number of imide groups is 1. The summed E-state index contributed by atoms with van der Waals surface area (Å²) in [4.78, 5) is 48.6. The lowest BCUT2D eigenvalue weighted by Crippen LogP contribution is -2.43. The molecule has 0 spiro atoms. The number of aryl methyl sites for hydroxylation is 2.